The van der Waals surface area contributed by atoms with E-state index in [4.69, 9.17) is 16.3 Å². The van der Waals surface area contributed by atoms with Gasteiger partial charge in [0.05, 0.1) is 17.7 Å². The van der Waals surface area contributed by atoms with Crippen LogP contribution in [-0.2, 0) is 32.6 Å². The molecule has 1 aliphatic carbocycles. The third kappa shape index (κ3) is 8.73. The van der Waals surface area contributed by atoms with E-state index in [-0.39, 0.29) is 46.3 Å². The Bertz CT molecular complexity index is 1790. The molecule has 2 amide bonds. The van der Waals surface area contributed by atoms with Crippen molar-refractivity contribution in [2.24, 2.45) is 0 Å². The second kappa shape index (κ2) is 16.1. The summed E-state index contributed by atoms with van der Waals surface area (Å²) in [4.78, 5) is 30.2. The first kappa shape index (κ1) is 34.9. The van der Waals surface area contributed by atoms with Crippen LogP contribution in [-0.4, -0.2) is 50.9 Å². The van der Waals surface area contributed by atoms with E-state index < -0.39 is 34.3 Å². The van der Waals surface area contributed by atoms with Gasteiger partial charge in [-0.15, -0.1) is 0 Å². The molecule has 4 aromatic carbocycles. The molecule has 4 aromatic rings. The topological polar surface area (TPSA) is 96.0 Å². The fourth-order valence-corrected chi connectivity index (χ4v) is 7.58. The van der Waals surface area contributed by atoms with Crippen LogP contribution in [0.15, 0.2) is 108 Å². The number of hydrogen-bond acceptors (Lipinski definition) is 5. The molecule has 1 fully saturated rings. The van der Waals surface area contributed by atoms with Gasteiger partial charge < -0.3 is 15.0 Å². The van der Waals surface area contributed by atoms with Crippen molar-refractivity contribution in [3.05, 3.63) is 125 Å². The van der Waals surface area contributed by atoms with E-state index in [1.54, 1.807) is 36.4 Å². The number of benzene rings is 4. The molecule has 1 unspecified atom stereocenters. The van der Waals surface area contributed by atoms with E-state index in [9.17, 15) is 22.4 Å². The fraction of sp³-hybridized carbons (Fsp3) is 0.297. The summed E-state index contributed by atoms with van der Waals surface area (Å²) < 4.78 is 48.9. The zero-order valence-electron chi connectivity index (χ0n) is 26.7. The number of sulfonamides is 1. The summed E-state index contributed by atoms with van der Waals surface area (Å²) in [7, 11) is -2.94. The second-order valence-electron chi connectivity index (χ2n) is 11.8. The summed E-state index contributed by atoms with van der Waals surface area (Å²) in [6, 6.07) is 26.3. The van der Waals surface area contributed by atoms with Crippen molar-refractivity contribution in [1.82, 2.24) is 10.2 Å². The number of nitrogens with zero attached hydrogens (tertiary/aromatic N) is 2. The number of halogens is 2. The van der Waals surface area contributed by atoms with Gasteiger partial charge in [-0.1, -0.05) is 91.5 Å². The van der Waals surface area contributed by atoms with Gasteiger partial charge in [0.15, 0.2) is 0 Å². The number of amides is 2. The van der Waals surface area contributed by atoms with Gasteiger partial charge in [0.1, 0.15) is 24.2 Å². The Morgan fingerprint density at radius 2 is 1.54 bits per heavy atom. The number of anilines is 1. The number of hydrogen-bond donors (Lipinski definition) is 1. The average molecular weight is 692 g/mol. The number of rotatable bonds is 13. The van der Waals surface area contributed by atoms with Gasteiger partial charge in [-0.05, 0) is 66.4 Å². The van der Waals surface area contributed by atoms with Crippen LogP contribution in [0.2, 0.25) is 5.02 Å². The Morgan fingerprint density at radius 1 is 0.896 bits per heavy atom. The van der Waals surface area contributed by atoms with Gasteiger partial charge in [0.25, 0.3) is 10.0 Å². The lowest BCUT2D eigenvalue weighted by atomic mass is 9.94. The maximum Gasteiger partial charge on any atom is 0.264 e. The molecule has 11 heteroatoms. The summed E-state index contributed by atoms with van der Waals surface area (Å²) >= 11 is 6.35. The zero-order valence-corrected chi connectivity index (χ0v) is 28.3. The van der Waals surface area contributed by atoms with Crippen molar-refractivity contribution in [2.75, 3.05) is 18.0 Å². The summed E-state index contributed by atoms with van der Waals surface area (Å²) in [5.41, 5.74) is 1.46. The van der Waals surface area contributed by atoms with Crippen LogP contribution in [0.4, 0.5) is 10.1 Å². The van der Waals surface area contributed by atoms with Gasteiger partial charge >= 0.3 is 0 Å². The number of ether oxygens (including phenoxy) is 1. The van der Waals surface area contributed by atoms with E-state index in [0.29, 0.717) is 5.56 Å². The van der Waals surface area contributed by atoms with Gasteiger partial charge in [-0.3, -0.25) is 13.9 Å². The van der Waals surface area contributed by atoms with Crippen LogP contribution in [0.3, 0.4) is 0 Å². The minimum atomic E-state index is -4.34. The molecule has 0 bridgehead atoms. The quantitative estimate of drug-likeness (QED) is 0.167. The van der Waals surface area contributed by atoms with E-state index in [0.717, 1.165) is 42.0 Å². The highest BCUT2D eigenvalue weighted by molar-refractivity contribution is 7.92. The number of nitrogens with one attached hydrogen (secondary N) is 1. The van der Waals surface area contributed by atoms with Gasteiger partial charge in [-0.25, -0.2) is 12.8 Å². The van der Waals surface area contributed by atoms with Crippen molar-refractivity contribution in [3.8, 4) is 5.75 Å². The predicted octanol–water partition coefficient (Wildman–Crippen LogP) is 6.77. The lowest BCUT2D eigenvalue weighted by Crippen LogP contribution is -2.55. The summed E-state index contributed by atoms with van der Waals surface area (Å²) in [5, 5.41) is 3.41. The van der Waals surface area contributed by atoms with Crippen molar-refractivity contribution in [2.45, 2.75) is 62.0 Å². The largest absolute Gasteiger partial charge is 0.495 e. The van der Waals surface area contributed by atoms with Crippen molar-refractivity contribution in [1.29, 1.82) is 0 Å². The number of methoxy groups -OCH3 is 1. The van der Waals surface area contributed by atoms with Gasteiger partial charge in [0, 0.05) is 24.0 Å². The number of carbonyl (C=O) groups is 2. The minimum absolute atomic E-state index is 0.0297. The molecule has 1 aliphatic rings. The van der Waals surface area contributed by atoms with Crippen LogP contribution in [0.25, 0.3) is 0 Å². The molecular weight excluding hydrogens is 653 g/mol. The third-order valence-electron chi connectivity index (χ3n) is 8.51. The highest BCUT2D eigenvalue weighted by Crippen LogP contribution is 2.35. The minimum Gasteiger partial charge on any atom is -0.495 e. The fourth-order valence-electron chi connectivity index (χ4n) is 5.98. The molecule has 1 saturated carbocycles. The molecule has 0 spiro atoms. The Balaban J connectivity index is 1.59. The van der Waals surface area contributed by atoms with E-state index >= 15 is 0 Å². The molecule has 0 saturated heterocycles. The predicted molar refractivity (Wildman–Crippen MR) is 185 cm³/mol. The van der Waals surface area contributed by atoms with Gasteiger partial charge in [0.2, 0.25) is 11.8 Å². The van der Waals surface area contributed by atoms with Crippen molar-refractivity contribution < 1.29 is 27.1 Å². The normalized spacial score (nSPS) is 14.1. The van der Waals surface area contributed by atoms with Crippen molar-refractivity contribution >= 4 is 39.1 Å². The first-order valence-electron chi connectivity index (χ1n) is 16.0. The zero-order chi connectivity index (χ0) is 34.1. The van der Waals surface area contributed by atoms with Crippen molar-refractivity contribution in [3.63, 3.8) is 0 Å². The average Bonchev–Trinajstić information content (AvgIpc) is 3.10. The summed E-state index contributed by atoms with van der Waals surface area (Å²) in [5.74, 6) is -1.23. The summed E-state index contributed by atoms with van der Waals surface area (Å²) in [6.45, 7) is -0.738. The Morgan fingerprint density at radius 3 is 2.19 bits per heavy atom. The van der Waals surface area contributed by atoms with E-state index in [2.05, 4.69) is 5.32 Å². The van der Waals surface area contributed by atoms with Crippen LogP contribution >= 0.6 is 11.6 Å². The molecule has 252 valence electrons. The SMILES string of the molecule is COc1ccc(Cl)cc1N(CC(=O)N(Cc1ccc(F)cc1)C(Cc1ccccc1)C(=O)NC1CCCCC1)S(=O)(=O)c1ccccc1. The van der Waals surface area contributed by atoms with E-state index in [1.807, 2.05) is 30.3 Å². The van der Waals surface area contributed by atoms with Crippen LogP contribution in [0.1, 0.15) is 43.2 Å². The Hall–Kier alpha value is -4.41. The molecule has 0 heterocycles. The number of carbonyl (C=O) groups excluding carboxylic acids is 2. The third-order valence-corrected chi connectivity index (χ3v) is 10.5. The summed E-state index contributed by atoms with van der Waals surface area (Å²) in [6.07, 6.45) is 4.97. The molecule has 0 aliphatic heterocycles. The lowest BCUT2D eigenvalue weighted by molar-refractivity contribution is -0.140. The second-order valence-corrected chi connectivity index (χ2v) is 14.1. The molecule has 5 rings (SSSR count). The highest BCUT2D eigenvalue weighted by Gasteiger charge is 2.36. The maximum absolute atomic E-state index is 14.7. The van der Waals surface area contributed by atoms with Gasteiger partial charge in [-0.2, -0.15) is 0 Å². The molecule has 0 aromatic heterocycles. The monoisotopic (exact) mass is 691 g/mol. The highest BCUT2D eigenvalue weighted by atomic mass is 35.5. The molecule has 1 N–H and O–H groups in total. The van der Waals surface area contributed by atoms with Crippen LogP contribution in [0.5, 0.6) is 5.75 Å². The smallest absolute Gasteiger partial charge is 0.264 e. The standard InChI is InChI=1S/C37H39ClFN3O5S/c1-47-35-22-19-29(38)24-33(35)42(48(45,46)32-15-9-4-10-16-32)26-36(43)41(25-28-17-20-30(39)21-18-28)34(23-27-11-5-2-6-12-27)37(44)40-31-13-7-3-8-14-31/h2,4-6,9-12,15-22,24,31,34H,3,7-8,13-14,23,25-26H2,1H3,(H,40,44). The lowest BCUT2D eigenvalue weighted by Gasteiger charge is -2.35. The van der Waals surface area contributed by atoms with Crippen LogP contribution < -0.4 is 14.4 Å². The molecule has 48 heavy (non-hydrogen) atoms. The molecule has 1 atom stereocenters. The Labute approximate surface area is 286 Å². The van der Waals surface area contributed by atoms with Crippen LogP contribution in [0, 0.1) is 5.82 Å². The molecular formula is C37H39ClFN3O5S. The first-order chi connectivity index (χ1) is 23.2. The Kier molecular flexibility index (Phi) is 11.7. The first-order valence-corrected chi connectivity index (χ1v) is 17.8. The van der Waals surface area contributed by atoms with E-state index in [1.165, 1.54) is 48.4 Å². The molecule has 0 radical (unpaired) electrons. The maximum atomic E-state index is 14.7. The molecule has 8 nitrogen and oxygen atoms in total.